The predicted octanol–water partition coefficient (Wildman–Crippen LogP) is 3.61. The summed E-state index contributed by atoms with van der Waals surface area (Å²) >= 11 is 0. The van der Waals surface area contributed by atoms with Gasteiger partial charge in [-0.15, -0.1) is 0 Å². The number of nitro benzene ring substituents is 2. The lowest BCUT2D eigenvalue weighted by Crippen LogP contribution is -2.47. The number of carbonyl (C=O) groups excluding carboxylic acids is 6. The first kappa shape index (κ1) is 38.4. The van der Waals surface area contributed by atoms with Gasteiger partial charge in [0.25, 0.3) is 46.8 Å². The smallest absolute Gasteiger partial charge is 0.270 e. The SMILES string of the molecule is CN1CCN(C(=O)c2cc(C(=O)NCCNCCN3C(=O)c4cccc5cc([N+](=O)[O-])cc(c45)C3=O)cc(N3C(=O)c4cccc5cc([N+](=O)[O-])cc(c45)C3=O)c2)CC1. The minimum absolute atomic E-state index is 0.0323. The van der Waals surface area contributed by atoms with E-state index in [0.29, 0.717) is 42.3 Å². The van der Waals surface area contributed by atoms with E-state index in [0.717, 1.165) is 21.9 Å². The highest BCUT2D eigenvalue weighted by atomic mass is 16.6. The maximum atomic E-state index is 14.1. The molecule has 3 heterocycles. The minimum Gasteiger partial charge on any atom is -0.351 e. The second-order valence-corrected chi connectivity index (χ2v) is 14.4. The van der Waals surface area contributed by atoms with Gasteiger partial charge in [-0.1, -0.05) is 24.3 Å². The molecule has 5 aromatic rings. The molecule has 59 heavy (non-hydrogen) atoms. The number of hydrogen-bond acceptors (Lipinski definition) is 12. The van der Waals surface area contributed by atoms with E-state index in [9.17, 15) is 49.0 Å². The van der Waals surface area contributed by atoms with Crippen molar-refractivity contribution in [1.29, 1.82) is 0 Å². The van der Waals surface area contributed by atoms with Gasteiger partial charge >= 0.3 is 0 Å². The summed E-state index contributed by atoms with van der Waals surface area (Å²) in [4.78, 5) is 110. The van der Waals surface area contributed by atoms with Crippen LogP contribution in [0.15, 0.2) is 78.9 Å². The number of nitro groups is 2. The fourth-order valence-electron chi connectivity index (χ4n) is 7.75. The number of imide groups is 2. The van der Waals surface area contributed by atoms with Crippen molar-refractivity contribution in [2.75, 3.05) is 64.3 Å². The molecule has 3 aliphatic heterocycles. The third-order valence-corrected chi connectivity index (χ3v) is 10.7. The average molecular weight is 799 g/mol. The quantitative estimate of drug-likeness (QED) is 0.0846. The summed E-state index contributed by atoms with van der Waals surface area (Å²) in [6.07, 6.45) is 0. The summed E-state index contributed by atoms with van der Waals surface area (Å²) < 4.78 is 0. The van der Waals surface area contributed by atoms with E-state index in [-0.39, 0.29) is 82.0 Å². The summed E-state index contributed by atoms with van der Waals surface area (Å²) in [5.74, 6) is -3.84. The number of carbonyl (C=O) groups is 6. The zero-order chi connectivity index (χ0) is 41.7. The molecule has 1 saturated heterocycles. The standard InChI is InChI=1S/C41H34N8O10/c1-44-12-14-45(15-13-44)37(51)26-16-25(19-27(20-26)47-40(54)31-7-3-5-24-18-29(49(58)59)22-33(35(24)31)41(47)55)36(50)43-9-8-42-10-11-46-38(52)30-6-2-4-23-17-28(48(56)57)21-32(34(23)30)39(46)53/h2-7,16-22,42H,8-15H2,1H3,(H,43,50). The average Bonchev–Trinajstić information content (AvgIpc) is 3.23. The van der Waals surface area contributed by atoms with Crippen LogP contribution in [0.4, 0.5) is 17.1 Å². The van der Waals surface area contributed by atoms with Gasteiger partial charge in [-0.25, -0.2) is 4.90 Å². The van der Waals surface area contributed by atoms with Gasteiger partial charge in [-0.2, -0.15) is 0 Å². The summed E-state index contributed by atoms with van der Waals surface area (Å²) in [5.41, 5.74) is -0.316. The van der Waals surface area contributed by atoms with Crippen molar-refractivity contribution >= 4 is 74.1 Å². The molecule has 0 aliphatic carbocycles. The van der Waals surface area contributed by atoms with Crippen molar-refractivity contribution in [3.05, 3.63) is 132 Å². The molecule has 8 rings (SSSR count). The van der Waals surface area contributed by atoms with Crippen LogP contribution in [0.3, 0.4) is 0 Å². The van der Waals surface area contributed by atoms with Gasteiger partial charge in [0.2, 0.25) is 0 Å². The molecule has 0 aromatic heterocycles. The number of amides is 6. The van der Waals surface area contributed by atoms with E-state index in [1.165, 1.54) is 36.4 Å². The lowest BCUT2D eigenvalue weighted by molar-refractivity contribution is -0.384. The van der Waals surface area contributed by atoms with Gasteiger partial charge < -0.3 is 20.4 Å². The second-order valence-electron chi connectivity index (χ2n) is 14.4. The number of non-ortho nitro benzene ring substituents is 2. The molecule has 1 fully saturated rings. The third kappa shape index (κ3) is 6.89. The van der Waals surface area contributed by atoms with Gasteiger partial charge in [0.05, 0.1) is 26.7 Å². The number of rotatable bonds is 11. The molecule has 3 aliphatic rings. The van der Waals surface area contributed by atoms with E-state index in [1.54, 1.807) is 35.2 Å². The fraction of sp³-hybridized carbons (Fsp3) is 0.220. The molecule has 0 bridgehead atoms. The van der Waals surface area contributed by atoms with Gasteiger partial charge in [-0.05, 0) is 48.2 Å². The van der Waals surface area contributed by atoms with Crippen LogP contribution < -0.4 is 15.5 Å². The molecule has 6 amide bonds. The summed E-state index contributed by atoms with van der Waals surface area (Å²) in [7, 11) is 1.93. The monoisotopic (exact) mass is 798 g/mol. The van der Waals surface area contributed by atoms with Gasteiger partial charge in [0, 0.05) is 110 Å². The Morgan fingerprint density at radius 1 is 0.644 bits per heavy atom. The Morgan fingerprint density at radius 2 is 1.19 bits per heavy atom. The molecule has 0 atom stereocenters. The zero-order valence-electron chi connectivity index (χ0n) is 31.4. The molecular formula is C41H34N8O10. The number of benzene rings is 5. The Morgan fingerprint density at radius 3 is 1.80 bits per heavy atom. The van der Waals surface area contributed by atoms with E-state index in [1.807, 2.05) is 7.05 Å². The number of piperazine rings is 1. The molecule has 18 heteroatoms. The number of nitrogens with one attached hydrogen (secondary N) is 2. The third-order valence-electron chi connectivity index (χ3n) is 10.7. The highest BCUT2D eigenvalue weighted by Crippen LogP contribution is 2.37. The van der Waals surface area contributed by atoms with Gasteiger partial charge in [0.15, 0.2) is 0 Å². The van der Waals surface area contributed by atoms with Crippen molar-refractivity contribution < 1.29 is 38.6 Å². The summed E-state index contributed by atoms with van der Waals surface area (Å²) in [5, 5.41) is 30.5. The minimum atomic E-state index is -0.855. The lowest BCUT2D eigenvalue weighted by Gasteiger charge is -2.33. The van der Waals surface area contributed by atoms with E-state index in [2.05, 4.69) is 15.5 Å². The van der Waals surface area contributed by atoms with Crippen LogP contribution in [0.25, 0.3) is 21.5 Å². The van der Waals surface area contributed by atoms with Gasteiger partial charge in [0.1, 0.15) is 0 Å². The van der Waals surface area contributed by atoms with Crippen molar-refractivity contribution in [1.82, 2.24) is 25.3 Å². The molecule has 298 valence electrons. The Hall–Kier alpha value is -7.44. The highest BCUT2D eigenvalue weighted by Gasteiger charge is 2.37. The van der Waals surface area contributed by atoms with E-state index >= 15 is 0 Å². The Balaban J connectivity index is 0.991. The van der Waals surface area contributed by atoms with E-state index in [4.69, 9.17) is 0 Å². The zero-order valence-corrected chi connectivity index (χ0v) is 31.4. The lowest BCUT2D eigenvalue weighted by atomic mass is 9.92. The van der Waals surface area contributed by atoms with Crippen molar-refractivity contribution in [3.8, 4) is 0 Å². The number of likely N-dealkylation sites (N-methyl/N-ethyl adjacent to an activating group) is 1. The number of hydrogen-bond donors (Lipinski definition) is 2. The predicted molar refractivity (Wildman–Crippen MR) is 213 cm³/mol. The van der Waals surface area contributed by atoms with Crippen LogP contribution in [0.5, 0.6) is 0 Å². The molecule has 0 spiro atoms. The first-order chi connectivity index (χ1) is 28.3. The largest absolute Gasteiger partial charge is 0.351 e. The first-order valence-electron chi connectivity index (χ1n) is 18.6. The van der Waals surface area contributed by atoms with Gasteiger partial charge in [-0.3, -0.25) is 53.9 Å². The maximum Gasteiger partial charge on any atom is 0.270 e. The fourth-order valence-corrected chi connectivity index (χ4v) is 7.75. The van der Waals surface area contributed by atoms with Crippen molar-refractivity contribution in [2.24, 2.45) is 0 Å². The molecule has 0 saturated carbocycles. The highest BCUT2D eigenvalue weighted by molar-refractivity contribution is 6.36. The van der Waals surface area contributed by atoms with Crippen LogP contribution in [-0.4, -0.2) is 119 Å². The van der Waals surface area contributed by atoms with Crippen LogP contribution >= 0.6 is 0 Å². The summed E-state index contributed by atoms with van der Waals surface area (Å²) in [6, 6.07) is 18.3. The van der Waals surface area contributed by atoms with Crippen LogP contribution in [0, 0.1) is 20.2 Å². The van der Waals surface area contributed by atoms with Crippen molar-refractivity contribution in [2.45, 2.75) is 0 Å². The molecule has 5 aromatic carbocycles. The van der Waals surface area contributed by atoms with Crippen LogP contribution in [-0.2, 0) is 0 Å². The normalized spacial score (nSPS) is 15.3. The Kier molecular flexibility index (Phi) is 9.86. The topological polar surface area (TPSA) is 226 Å². The van der Waals surface area contributed by atoms with Crippen molar-refractivity contribution in [3.63, 3.8) is 0 Å². The number of nitrogens with zero attached hydrogens (tertiary/aromatic N) is 6. The second kappa shape index (κ2) is 15.1. The molecule has 0 unspecified atom stereocenters. The number of anilines is 1. The molecular weight excluding hydrogens is 764 g/mol. The Labute approximate surface area is 334 Å². The molecule has 18 nitrogen and oxygen atoms in total. The van der Waals surface area contributed by atoms with Crippen LogP contribution in [0.2, 0.25) is 0 Å². The summed E-state index contributed by atoms with van der Waals surface area (Å²) in [6.45, 7) is 2.31. The molecule has 2 N–H and O–H groups in total. The molecule has 0 radical (unpaired) electrons. The van der Waals surface area contributed by atoms with Crippen LogP contribution in [0.1, 0.15) is 62.1 Å². The first-order valence-corrected chi connectivity index (χ1v) is 18.6. The Bertz CT molecular complexity index is 2710. The maximum absolute atomic E-state index is 14.1. The van der Waals surface area contributed by atoms with E-state index < -0.39 is 45.3 Å².